The third-order valence-electron chi connectivity index (χ3n) is 6.44. The molecule has 5 rings (SSSR count). The molecule has 0 unspecified atom stereocenters. The molecule has 3 aromatic heterocycles. The second kappa shape index (κ2) is 6.79. The van der Waals surface area contributed by atoms with E-state index in [9.17, 15) is 4.79 Å². The zero-order valence-electron chi connectivity index (χ0n) is 18.0. The van der Waals surface area contributed by atoms with Crippen molar-refractivity contribution in [1.29, 1.82) is 0 Å². The standard InChI is InChI=1S/C21H25N7O3/c1-13-24-17(27(2)25-13)9-22-15-7-18(26-28(3)19(15)29)31-12-20-10-21(20,11-20)16-6-5-14(30-4)8-23-16/h5-8,22H,9-12H2,1-4H3. The molecule has 2 aliphatic rings. The molecule has 1 N–H and O–H groups in total. The number of nitrogens with one attached hydrogen (secondary N) is 1. The third-order valence-corrected chi connectivity index (χ3v) is 6.44. The molecule has 0 radical (unpaired) electrons. The Morgan fingerprint density at radius 2 is 2.00 bits per heavy atom. The molecule has 10 nitrogen and oxygen atoms in total. The van der Waals surface area contributed by atoms with Crippen LogP contribution in [0.2, 0.25) is 0 Å². The van der Waals surface area contributed by atoms with Gasteiger partial charge in [0.15, 0.2) is 0 Å². The van der Waals surface area contributed by atoms with Crippen LogP contribution in [0.15, 0.2) is 29.2 Å². The van der Waals surface area contributed by atoms with Gasteiger partial charge in [-0.15, -0.1) is 5.10 Å². The van der Waals surface area contributed by atoms with Crippen molar-refractivity contribution in [2.24, 2.45) is 19.5 Å². The van der Waals surface area contributed by atoms with Gasteiger partial charge in [0, 0.05) is 36.7 Å². The van der Waals surface area contributed by atoms with Crippen molar-refractivity contribution < 1.29 is 9.47 Å². The predicted molar refractivity (Wildman–Crippen MR) is 112 cm³/mol. The highest BCUT2D eigenvalue weighted by atomic mass is 16.5. The molecule has 0 spiro atoms. The third kappa shape index (κ3) is 3.22. The van der Waals surface area contributed by atoms with Gasteiger partial charge in [-0.05, 0) is 31.9 Å². The highest BCUT2D eigenvalue weighted by Crippen LogP contribution is 2.85. The van der Waals surface area contributed by atoms with Crippen LogP contribution < -0.4 is 20.3 Å². The first-order valence-corrected chi connectivity index (χ1v) is 10.2. The second-order valence-electron chi connectivity index (χ2n) is 8.47. The number of nitrogens with zero attached hydrogens (tertiary/aromatic N) is 6. The molecule has 162 valence electrons. The molecule has 2 saturated carbocycles. The highest BCUT2D eigenvalue weighted by molar-refractivity contribution is 5.48. The fourth-order valence-electron chi connectivity index (χ4n) is 4.37. The lowest BCUT2D eigenvalue weighted by Gasteiger charge is -2.11. The van der Waals surface area contributed by atoms with E-state index >= 15 is 0 Å². The summed E-state index contributed by atoms with van der Waals surface area (Å²) >= 11 is 0. The van der Waals surface area contributed by atoms with Crippen LogP contribution >= 0.6 is 0 Å². The lowest BCUT2D eigenvalue weighted by Crippen LogP contribution is -2.24. The van der Waals surface area contributed by atoms with Gasteiger partial charge >= 0.3 is 0 Å². The Kier molecular flexibility index (Phi) is 4.28. The van der Waals surface area contributed by atoms with E-state index in [0.29, 0.717) is 30.5 Å². The summed E-state index contributed by atoms with van der Waals surface area (Å²) in [5.41, 5.74) is 1.52. The maximum absolute atomic E-state index is 12.5. The molecule has 0 amide bonds. The lowest BCUT2D eigenvalue weighted by atomic mass is 10.1. The van der Waals surface area contributed by atoms with E-state index in [1.54, 1.807) is 31.1 Å². The number of aromatic nitrogens is 6. The van der Waals surface area contributed by atoms with Gasteiger partial charge in [0.05, 0.1) is 26.5 Å². The number of ether oxygens (including phenoxy) is 2. The Balaban J connectivity index is 1.25. The monoisotopic (exact) mass is 423 g/mol. The van der Waals surface area contributed by atoms with Crippen LogP contribution in [0.5, 0.6) is 11.6 Å². The van der Waals surface area contributed by atoms with Gasteiger partial charge in [-0.2, -0.15) is 5.10 Å². The van der Waals surface area contributed by atoms with Crippen molar-refractivity contribution in [1.82, 2.24) is 29.5 Å². The van der Waals surface area contributed by atoms with E-state index < -0.39 is 0 Å². The summed E-state index contributed by atoms with van der Waals surface area (Å²) in [6.45, 7) is 2.76. The molecule has 3 heterocycles. The second-order valence-corrected chi connectivity index (χ2v) is 8.47. The number of hydrogen-bond donors (Lipinski definition) is 1. The van der Waals surface area contributed by atoms with Crippen LogP contribution in [0.3, 0.4) is 0 Å². The largest absolute Gasteiger partial charge is 0.495 e. The first kappa shape index (κ1) is 19.5. The zero-order chi connectivity index (χ0) is 21.8. The summed E-state index contributed by atoms with van der Waals surface area (Å²) in [6.07, 6.45) is 3.88. The fourth-order valence-corrected chi connectivity index (χ4v) is 4.37. The lowest BCUT2D eigenvalue weighted by molar-refractivity contribution is 0.254. The van der Waals surface area contributed by atoms with E-state index in [2.05, 4.69) is 25.5 Å². The Bertz CT molecular complexity index is 1190. The first-order chi connectivity index (χ1) is 14.9. The molecule has 0 atom stereocenters. The first-order valence-electron chi connectivity index (χ1n) is 10.2. The quantitative estimate of drug-likeness (QED) is 0.578. The minimum absolute atomic E-state index is 0.115. The normalized spacial score (nSPS) is 23.2. The average Bonchev–Trinajstić information content (AvgIpc) is 3.54. The number of rotatable bonds is 8. The molecular weight excluding hydrogens is 398 g/mol. The van der Waals surface area contributed by atoms with Gasteiger partial charge in [0.25, 0.3) is 5.56 Å². The summed E-state index contributed by atoms with van der Waals surface area (Å²) in [5.74, 6) is 2.61. The van der Waals surface area contributed by atoms with Crippen LogP contribution in [-0.4, -0.2) is 43.2 Å². The molecule has 3 aromatic rings. The Morgan fingerprint density at radius 1 is 1.19 bits per heavy atom. The van der Waals surface area contributed by atoms with Crippen molar-refractivity contribution in [3.8, 4) is 11.6 Å². The summed E-state index contributed by atoms with van der Waals surface area (Å²) in [7, 11) is 5.08. The van der Waals surface area contributed by atoms with Crippen molar-refractivity contribution in [2.75, 3.05) is 19.0 Å². The molecule has 0 saturated heterocycles. The van der Waals surface area contributed by atoms with E-state index in [1.807, 2.05) is 26.1 Å². The van der Waals surface area contributed by atoms with E-state index in [-0.39, 0.29) is 16.4 Å². The predicted octanol–water partition coefficient (Wildman–Crippen LogP) is 1.34. The number of fused-ring (bicyclic) bond motifs is 1. The van der Waals surface area contributed by atoms with E-state index in [4.69, 9.17) is 9.47 Å². The topological polar surface area (TPSA) is 109 Å². The molecule has 2 aliphatic carbocycles. The maximum atomic E-state index is 12.5. The zero-order valence-corrected chi connectivity index (χ0v) is 18.0. The van der Waals surface area contributed by atoms with Crippen LogP contribution in [0.25, 0.3) is 0 Å². The van der Waals surface area contributed by atoms with Gasteiger partial charge in [0.2, 0.25) is 5.88 Å². The van der Waals surface area contributed by atoms with Crippen LogP contribution in [0, 0.1) is 12.3 Å². The molecule has 31 heavy (non-hydrogen) atoms. The van der Waals surface area contributed by atoms with Crippen molar-refractivity contribution in [2.45, 2.75) is 31.7 Å². The number of pyridine rings is 1. The molecule has 2 fully saturated rings. The summed E-state index contributed by atoms with van der Waals surface area (Å²) in [5, 5.41) is 11.6. The van der Waals surface area contributed by atoms with Gasteiger partial charge in [-0.3, -0.25) is 14.5 Å². The number of methoxy groups -OCH3 is 1. The average molecular weight is 423 g/mol. The maximum Gasteiger partial charge on any atom is 0.290 e. The van der Waals surface area contributed by atoms with Gasteiger partial charge < -0.3 is 14.8 Å². The van der Waals surface area contributed by atoms with E-state index in [0.717, 1.165) is 30.1 Å². The minimum atomic E-state index is -0.223. The summed E-state index contributed by atoms with van der Waals surface area (Å²) in [6, 6.07) is 5.64. The number of aryl methyl sites for hydroxylation is 3. The Labute approximate surface area is 179 Å². The van der Waals surface area contributed by atoms with Gasteiger partial charge in [-0.1, -0.05) is 0 Å². The molecule has 0 bridgehead atoms. The van der Waals surface area contributed by atoms with Crippen LogP contribution in [0.4, 0.5) is 5.69 Å². The van der Waals surface area contributed by atoms with Crippen LogP contribution in [-0.2, 0) is 26.1 Å². The van der Waals surface area contributed by atoms with Crippen molar-refractivity contribution in [3.05, 3.63) is 52.1 Å². The Hall–Kier alpha value is -3.43. The number of hydrogen-bond acceptors (Lipinski definition) is 8. The highest BCUT2D eigenvalue weighted by Gasteiger charge is 2.84. The van der Waals surface area contributed by atoms with Crippen LogP contribution in [0.1, 0.15) is 30.2 Å². The molecule has 10 heteroatoms. The summed E-state index contributed by atoms with van der Waals surface area (Å²) in [4.78, 5) is 21.4. The fraction of sp³-hybridized carbons (Fsp3) is 0.476. The molecule has 0 aromatic carbocycles. The molecular formula is C21H25N7O3. The minimum Gasteiger partial charge on any atom is -0.495 e. The Morgan fingerprint density at radius 3 is 2.65 bits per heavy atom. The smallest absolute Gasteiger partial charge is 0.290 e. The molecule has 0 aliphatic heterocycles. The SMILES string of the molecule is COc1ccc(C23CC2(COc2cc(NCc4nc(C)nn4C)c(=O)n(C)n2)C3)nc1. The van der Waals surface area contributed by atoms with Gasteiger partial charge in [-0.25, -0.2) is 9.67 Å². The summed E-state index contributed by atoms with van der Waals surface area (Å²) < 4.78 is 14.2. The van der Waals surface area contributed by atoms with Gasteiger partial charge in [0.1, 0.15) is 23.1 Å². The number of anilines is 1. The van der Waals surface area contributed by atoms with Crippen molar-refractivity contribution in [3.63, 3.8) is 0 Å². The van der Waals surface area contributed by atoms with Crippen molar-refractivity contribution >= 4 is 5.69 Å². The van der Waals surface area contributed by atoms with E-state index in [1.165, 1.54) is 4.68 Å².